The third-order valence-electron chi connectivity index (χ3n) is 6.51. The molecule has 2 aliphatic rings. The number of Topliss-reactive ketones (excluding diaryl/α,β-unsaturated/α-hetero) is 1. The molecule has 0 amide bonds. The molecule has 4 rings (SSSR count). The molecular formula is C24H29NO. The molecule has 0 aromatic heterocycles. The van der Waals surface area contributed by atoms with Crippen LogP contribution in [0.15, 0.2) is 60.7 Å². The number of hydrogen-bond donors (Lipinski definition) is 1. The largest absolute Gasteiger partial charge is 0.302 e. The van der Waals surface area contributed by atoms with Crippen LogP contribution in [0.25, 0.3) is 0 Å². The summed E-state index contributed by atoms with van der Waals surface area (Å²) in [4.78, 5) is 13.4. The SMILES string of the molecule is CC(C)(C)C1C[C@@H]2C(=O)[C@H](C1)[C@H](c1ccccc1)N[C@@H]2c1ccccc1. The quantitative estimate of drug-likeness (QED) is 0.795. The average molecular weight is 348 g/mol. The van der Waals surface area contributed by atoms with Crippen molar-refractivity contribution in [2.45, 2.75) is 45.7 Å². The summed E-state index contributed by atoms with van der Waals surface area (Å²) in [6.07, 6.45) is 1.99. The lowest BCUT2D eigenvalue weighted by Gasteiger charge is -2.50. The normalized spacial score (nSPS) is 31.7. The predicted molar refractivity (Wildman–Crippen MR) is 106 cm³/mol. The third kappa shape index (κ3) is 3.12. The van der Waals surface area contributed by atoms with Gasteiger partial charge < -0.3 is 5.32 Å². The van der Waals surface area contributed by atoms with Crippen LogP contribution in [-0.4, -0.2) is 5.78 Å². The molecule has 1 N–H and O–H groups in total. The minimum atomic E-state index is 0.0836. The van der Waals surface area contributed by atoms with Gasteiger partial charge in [-0.25, -0.2) is 0 Å². The van der Waals surface area contributed by atoms with Crippen LogP contribution in [0.5, 0.6) is 0 Å². The second-order valence-corrected chi connectivity index (χ2v) is 9.09. The molecule has 0 spiro atoms. The zero-order chi connectivity index (χ0) is 18.3. The van der Waals surface area contributed by atoms with Crippen molar-refractivity contribution in [3.8, 4) is 0 Å². The standard InChI is InChI=1S/C24H29NO/c1-24(2,3)18-14-19-21(16-10-6-4-7-11-16)25-22(20(15-18)23(19)26)17-12-8-5-9-13-17/h4-13,18-22,25H,14-15H2,1-3H3/t18?,19-,20+,21+,22-. The summed E-state index contributed by atoms with van der Waals surface area (Å²) in [5.41, 5.74) is 2.70. The highest BCUT2D eigenvalue weighted by molar-refractivity contribution is 5.87. The molecule has 1 heterocycles. The molecule has 26 heavy (non-hydrogen) atoms. The van der Waals surface area contributed by atoms with Gasteiger partial charge in [0.15, 0.2) is 0 Å². The smallest absolute Gasteiger partial charge is 0.142 e. The maximum atomic E-state index is 13.4. The Balaban J connectivity index is 1.76. The van der Waals surface area contributed by atoms with Crippen LogP contribution in [0, 0.1) is 23.2 Å². The van der Waals surface area contributed by atoms with Gasteiger partial charge in [-0.2, -0.15) is 0 Å². The summed E-state index contributed by atoms with van der Waals surface area (Å²) in [5.74, 6) is 1.21. The lowest BCUT2D eigenvalue weighted by Crippen LogP contribution is -2.53. The van der Waals surface area contributed by atoms with E-state index in [1.54, 1.807) is 0 Å². The molecule has 2 heteroatoms. The van der Waals surface area contributed by atoms with Gasteiger partial charge in [0.2, 0.25) is 0 Å². The third-order valence-corrected chi connectivity index (χ3v) is 6.51. The first-order chi connectivity index (χ1) is 12.4. The molecule has 2 nitrogen and oxygen atoms in total. The van der Waals surface area contributed by atoms with E-state index in [1.807, 2.05) is 12.1 Å². The minimum absolute atomic E-state index is 0.0836. The maximum absolute atomic E-state index is 13.4. The Morgan fingerprint density at radius 3 is 1.58 bits per heavy atom. The fourth-order valence-electron chi connectivity index (χ4n) is 4.93. The van der Waals surface area contributed by atoms with Crippen molar-refractivity contribution in [2.24, 2.45) is 23.2 Å². The van der Waals surface area contributed by atoms with Crippen molar-refractivity contribution in [3.63, 3.8) is 0 Å². The van der Waals surface area contributed by atoms with Crippen molar-refractivity contribution in [1.82, 2.24) is 5.32 Å². The molecule has 5 atom stereocenters. The fourth-order valence-corrected chi connectivity index (χ4v) is 4.93. The van der Waals surface area contributed by atoms with Crippen LogP contribution in [0.4, 0.5) is 0 Å². The fraction of sp³-hybridized carbons (Fsp3) is 0.458. The first kappa shape index (κ1) is 17.5. The minimum Gasteiger partial charge on any atom is -0.302 e. The lowest BCUT2D eigenvalue weighted by molar-refractivity contribution is -0.139. The highest BCUT2D eigenvalue weighted by atomic mass is 16.1. The molecular weight excluding hydrogens is 318 g/mol. The predicted octanol–water partition coefficient (Wildman–Crippen LogP) is 5.33. The molecule has 2 fully saturated rings. The molecule has 1 unspecified atom stereocenters. The van der Waals surface area contributed by atoms with Gasteiger partial charge in [0, 0.05) is 23.9 Å². The topological polar surface area (TPSA) is 29.1 Å². The van der Waals surface area contributed by atoms with Gasteiger partial charge in [0.25, 0.3) is 0 Å². The van der Waals surface area contributed by atoms with Crippen LogP contribution in [0.2, 0.25) is 0 Å². The number of benzene rings is 2. The second kappa shape index (κ2) is 6.66. The molecule has 0 radical (unpaired) electrons. The van der Waals surface area contributed by atoms with Crippen molar-refractivity contribution in [2.75, 3.05) is 0 Å². The maximum Gasteiger partial charge on any atom is 0.142 e. The monoisotopic (exact) mass is 347 g/mol. The van der Waals surface area contributed by atoms with Gasteiger partial charge in [-0.3, -0.25) is 4.79 Å². The lowest BCUT2D eigenvalue weighted by atomic mass is 9.59. The molecule has 1 aliphatic heterocycles. The molecule has 1 saturated heterocycles. The van der Waals surface area contributed by atoms with Crippen LogP contribution < -0.4 is 5.32 Å². The number of hydrogen-bond acceptors (Lipinski definition) is 2. The molecule has 1 aliphatic carbocycles. The second-order valence-electron chi connectivity index (χ2n) is 9.09. The molecule has 2 aromatic rings. The van der Waals surface area contributed by atoms with Gasteiger partial charge in [-0.1, -0.05) is 81.4 Å². The highest BCUT2D eigenvalue weighted by Gasteiger charge is 2.50. The first-order valence-corrected chi connectivity index (χ1v) is 9.85. The zero-order valence-corrected chi connectivity index (χ0v) is 16.0. The van der Waals surface area contributed by atoms with E-state index in [0.717, 1.165) is 12.8 Å². The van der Waals surface area contributed by atoms with E-state index in [9.17, 15) is 4.79 Å². The van der Waals surface area contributed by atoms with Crippen LogP contribution in [0.3, 0.4) is 0 Å². The van der Waals surface area contributed by atoms with Crippen molar-refractivity contribution < 1.29 is 4.79 Å². The summed E-state index contributed by atoms with van der Waals surface area (Å²) in [5, 5.41) is 3.87. The van der Waals surface area contributed by atoms with Gasteiger partial charge in [0.05, 0.1) is 0 Å². The van der Waals surface area contributed by atoms with E-state index in [4.69, 9.17) is 0 Å². The Morgan fingerprint density at radius 1 is 0.769 bits per heavy atom. The Bertz CT molecular complexity index is 704. The Labute approximate surface area is 157 Å². The molecule has 136 valence electrons. The van der Waals surface area contributed by atoms with Gasteiger partial charge in [0.1, 0.15) is 5.78 Å². The van der Waals surface area contributed by atoms with E-state index < -0.39 is 0 Å². The van der Waals surface area contributed by atoms with Crippen LogP contribution >= 0.6 is 0 Å². The van der Waals surface area contributed by atoms with E-state index in [-0.39, 0.29) is 29.3 Å². The summed E-state index contributed by atoms with van der Waals surface area (Å²) >= 11 is 0. The zero-order valence-electron chi connectivity index (χ0n) is 16.0. The van der Waals surface area contributed by atoms with E-state index in [0.29, 0.717) is 11.7 Å². The van der Waals surface area contributed by atoms with Gasteiger partial charge >= 0.3 is 0 Å². The van der Waals surface area contributed by atoms with E-state index >= 15 is 0 Å². The summed E-state index contributed by atoms with van der Waals surface area (Å²) < 4.78 is 0. The van der Waals surface area contributed by atoms with Gasteiger partial charge in [-0.15, -0.1) is 0 Å². The van der Waals surface area contributed by atoms with Crippen LogP contribution in [0.1, 0.15) is 56.8 Å². The summed E-state index contributed by atoms with van der Waals surface area (Å²) in [6, 6.07) is 21.3. The first-order valence-electron chi connectivity index (χ1n) is 9.85. The number of ketones is 1. The van der Waals surface area contributed by atoms with Crippen molar-refractivity contribution in [3.05, 3.63) is 71.8 Å². The number of fused-ring (bicyclic) bond motifs is 2. The van der Waals surface area contributed by atoms with E-state index in [2.05, 4.69) is 74.6 Å². The highest BCUT2D eigenvalue weighted by Crippen LogP contribution is 2.51. The number of piperidine rings is 1. The number of nitrogens with one attached hydrogen (secondary N) is 1. The Morgan fingerprint density at radius 2 is 1.19 bits per heavy atom. The van der Waals surface area contributed by atoms with Crippen molar-refractivity contribution in [1.29, 1.82) is 0 Å². The van der Waals surface area contributed by atoms with Crippen molar-refractivity contribution >= 4 is 5.78 Å². The van der Waals surface area contributed by atoms with E-state index in [1.165, 1.54) is 11.1 Å². The number of rotatable bonds is 2. The average Bonchev–Trinajstić information content (AvgIpc) is 2.62. The number of carbonyl (C=O) groups is 1. The van der Waals surface area contributed by atoms with Gasteiger partial charge in [-0.05, 0) is 35.3 Å². The summed E-state index contributed by atoms with van der Waals surface area (Å²) in [7, 11) is 0. The molecule has 2 bridgehead atoms. The number of carbonyl (C=O) groups excluding carboxylic acids is 1. The Hall–Kier alpha value is -1.93. The molecule has 1 saturated carbocycles. The Kier molecular flexibility index (Phi) is 4.48. The van der Waals surface area contributed by atoms with Crippen LogP contribution in [-0.2, 0) is 4.79 Å². The summed E-state index contributed by atoms with van der Waals surface area (Å²) in [6.45, 7) is 6.98. The molecule has 2 aromatic carbocycles.